The van der Waals surface area contributed by atoms with E-state index in [1.54, 1.807) is 14.0 Å². The van der Waals surface area contributed by atoms with E-state index in [1.165, 1.54) is 0 Å². The number of hydrogen-bond donors (Lipinski definition) is 1. The minimum absolute atomic E-state index is 0.00963. The first kappa shape index (κ1) is 14.5. The molecule has 4 nitrogen and oxygen atoms in total. The maximum Gasteiger partial charge on any atom is 0.307 e. The van der Waals surface area contributed by atoms with Crippen LogP contribution in [0.1, 0.15) is 19.4 Å². The highest BCUT2D eigenvalue weighted by Gasteiger charge is 2.22. The summed E-state index contributed by atoms with van der Waals surface area (Å²) in [6, 6.07) is 7.80. The number of benzene rings is 1. The van der Waals surface area contributed by atoms with Gasteiger partial charge in [0.2, 0.25) is 0 Å². The summed E-state index contributed by atoms with van der Waals surface area (Å²) in [7, 11) is 3.58. The van der Waals surface area contributed by atoms with Crippen LogP contribution in [0.25, 0.3) is 0 Å². The molecule has 1 aromatic rings. The summed E-state index contributed by atoms with van der Waals surface area (Å²) >= 11 is 0. The van der Waals surface area contributed by atoms with E-state index in [1.807, 2.05) is 43.1 Å². The van der Waals surface area contributed by atoms with Gasteiger partial charge >= 0.3 is 5.97 Å². The quantitative estimate of drug-likeness (QED) is 0.842. The van der Waals surface area contributed by atoms with Crippen LogP contribution in [0.5, 0.6) is 5.75 Å². The Hall–Kier alpha value is -1.55. The van der Waals surface area contributed by atoms with Crippen LogP contribution in [0.2, 0.25) is 0 Å². The van der Waals surface area contributed by atoms with Crippen molar-refractivity contribution in [1.29, 1.82) is 0 Å². The normalized spacial score (nSPS) is 14.3. The standard InChI is InChI=1S/C14H21NO3/c1-10(14(16)17)11(2)15(3)9-12-5-7-13(18-4)8-6-12/h5-8,10-11H,9H2,1-4H3,(H,16,17). The van der Waals surface area contributed by atoms with Crippen molar-refractivity contribution in [3.63, 3.8) is 0 Å². The third-order valence-corrected chi connectivity index (χ3v) is 3.40. The molecular weight excluding hydrogens is 230 g/mol. The van der Waals surface area contributed by atoms with Gasteiger partial charge in [-0.3, -0.25) is 9.69 Å². The molecule has 2 atom stereocenters. The van der Waals surface area contributed by atoms with Crippen LogP contribution in [0, 0.1) is 5.92 Å². The fourth-order valence-corrected chi connectivity index (χ4v) is 1.75. The third-order valence-electron chi connectivity index (χ3n) is 3.40. The number of carboxylic acids is 1. The van der Waals surface area contributed by atoms with Gasteiger partial charge in [0, 0.05) is 12.6 Å². The lowest BCUT2D eigenvalue weighted by molar-refractivity contribution is -0.143. The van der Waals surface area contributed by atoms with Gasteiger partial charge in [-0.2, -0.15) is 0 Å². The predicted molar refractivity (Wildman–Crippen MR) is 70.7 cm³/mol. The number of hydrogen-bond acceptors (Lipinski definition) is 3. The zero-order valence-corrected chi connectivity index (χ0v) is 11.4. The molecule has 0 bridgehead atoms. The lowest BCUT2D eigenvalue weighted by Crippen LogP contribution is -2.37. The lowest BCUT2D eigenvalue weighted by Gasteiger charge is -2.27. The number of carbonyl (C=O) groups is 1. The molecular formula is C14H21NO3. The first-order valence-electron chi connectivity index (χ1n) is 6.01. The molecule has 1 N–H and O–H groups in total. The van der Waals surface area contributed by atoms with Gasteiger partial charge in [-0.15, -0.1) is 0 Å². The van der Waals surface area contributed by atoms with Gasteiger partial charge in [0.25, 0.3) is 0 Å². The van der Waals surface area contributed by atoms with Gasteiger partial charge in [-0.1, -0.05) is 19.1 Å². The fourth-order valence-electron chi connectivity index (χ4n) is 1.75. The zero-order chi connectivity index (χ0) is 13.7. The van der Waals surface area contributed by atoms with Gasteiger partial charge in [0.15, 0.2) is 0 Å². The maximum atomic E-state index is 10.9. The summed E-state index contributed by atoms with van der Waals surface area (Å²) in [4.78, 5) is 13.0. The Morgan fingerprint density at radius 1 is 1.33 bits per heavy atom. The van der Waals surface area contributed by atoms with Crippen LogP contribution < -0.4 is 4.74 Å². The van der Waals surface area contributed by atoms with Crippen LogP contribution in [0.4, 0.5) is 0 Å². The van der Waals surface area contributed by atoms with Gasteiger partial charge in [0.05, 0.1) is 13.0 Å². The fraction of sp³-hybridized carbons (Fsp3) is 0.500. The number of ether oxygens (including phenoxy) is 1. The molecule has 100 valence electrons. The molecule has 0 saturated heterocycles. The van der Waals surface area contributed by atoms with E-state index < -0.39 is 5.97 Å². The molecule has 0 aliphatic heterocycles. The Balaban J connectivity index is 2.62. The first-order valence-corrected chi connectivity index (χ1v) is 6.01. The molecule has 0 spiro atoms. The molecule has 0 aliphatic rings. The summed E-state index contributed by atoms with van der Waals surface area (Å²) in [6.45, 7) is 4.39. The molecule has 0 radical (unpaired) electrons. The Kier molecular flexibility index (Phi) is 5.16. The van der Waals surface area contributed by atoms with E-state index in [-0.39, 0.29) is 12.0 Å². The minimum Gasteiger partial charge on any atom is -0.497 e. The second-order valence-corrected chi connectivity index (χ2v) is 4.63. The molecule has 0 aromatic heterocycles. The van der Waals surface area contributed by atoms with Crippen LogP contribution in [0.15, 0.2) is 24.3 Å². The van der Waals surface area contributed by atoms with Crippen LogP contribution in [0.3, 0.4) is 0 Å². The van der Waals surface area contributed by atoms with E-state index in [9.17, 15) is 4.79 Å². The smallest absolute Gasteiger partial charge is 0.307 e. The molecule has 4 heteroatoms. The van der Waals surface area contributed by atoms with E-state index in [4.69, 9.17) is 9.84 Å². The molecule has 0 fully saturated rings. The summed E-state index contributed by atoms with van der Waals surface area (Å²) in [5.74, 6) is -0.314. The van der Waals surface area contributed by atoms with E-state index in [2.05, 4.69) is 0 Å². The highest BCUT2D eigenvalue weighted by atomic mass is 16.5. The van der Waals surface area contributed by atoms with Crippen molar-refractivity contribution in [1.82, 2.24) is 4.90 Å². The Morgan fingerprint density at radius 2 is 1.89 bits per heavy atom. The largest absolute Gasteiger partial charge is 0.497 e. The van der Waals surface area contributed by atoms with Crippen molar-refractivity contribution >= 4 is 5.97 Å². The second kappa shape index (κ2) is 6.40. The van der Waals surface area contributed by atoms with Gasteiger partial charge in [0.1, 0.15) is 5.75 Å². The Bertz CT molecular complexity index is 389. The van der Waals surface area contributed by atoms with Crippen molar-refractivity contribution in [3.8, 4) is 5.75 Å². The highest BCUT2D eigenvalue weighted by Crippen LogP contribution is 2.16. The van der Waals surface area contributed by atoms with E-state index in [0.29, 0.717) is 0 Å². The third kappa shape index (κ3) is 3.74. The molecule has 1 aromatic carbocycles. The molecule has 0 aliphatic carbocycles. The lowest BCUT2D eigenvalue weighted by atomic mass is 10.0. The van der Waals surface area contributed by atoms with Crippen molar-refractivity contribution < 1.29 is 14.6 Å². The zero-order valence-electron chi connectivity index (χ0n) is 11.4. The van der Waals surface area contributed by atoms with Gasteiger partial charge < -0.3 is 9.84 Å². The molecule has 0 amide bonds. The summed E-state index contributed by atoms with van der Waals surface area (Å²) in [6.07, 6.45) is 0. The van der Waals surface area contributed by atoms with Crippen molar-refractivity contribution in [3.05, 3.63) is 29.8 Å². The van der Waals surface area contributed by atoms with Gasteiger partial charge in [-0.05, 0) is 31.7 Å². The maximum absolute atomic E-state index is 10.9. The first-order chi connectivity index (χ1) is 8.45. The number of rotatable bonds is 6. The molecule has 18 heavy (non-hydrogen) atoms. The van der Waals surface area contributed by atoms with Crippen molar-refractivity contribution in [2.75, 3.05) is 14.2 Å². The SMILES string of the molecule is COc1ccc(CN(C)C(C)C(C)C(=O)O)cc1. The van der Waals surface area contributed by atoms with Crippen molar-refractivity contribution in [2.24, 2.45) is 5.92 Å². The number of aliphatic carboxylic acids is 1. The number of carboxylic acid groups (broad SMARTS) is 1. The number of nitrogens with zero attached hydrogens (tertiary/aromatic N) is 1. The van der Waals surface area contributed by atoms with Crippen molar-refractivity contribution in [2.45, 2.75) is 26.4 Å². The van der Waals surface area contributed by atoms with Crippen LogP contribution >= 0.6 is 0 Å². The van der Waals surface area contributed by atoms with Crippen LogP contribution in [-0.2, 0) is 11.3 Å². The van der Waals surface area contributed by atoms with Crippen LogP contribution in [-0.4, -0.2) is 36.2 Å². The molecule has 0 heterocycles. The minimum atomic E-state index is -0.760. The monoisotopic (exact) mass is 251 g/mol. The average Bonchev–Trinajstić information content (AvgIpc) is 2.37. The Labute approximate surface area is 108 Å². The molecule has 0 saturated carbocycles. The highest BCUT2D eigenvalue weighted by molar-refractivity contribution is 5.70. The topological polar surface area (TPSA) is 49.8 Å². The molecule has 1 rings (SSSR count). The Morgan fingerprint density at radius 3 is 2.33 bits per heavy atom. The second-order valence-electron chi connectivity index (χ2n) is 4.63. The summed E-state index contributed by atoms with van der Waals surface area (Å²) < 4.78 is 5.10. The van der Waals surface area contributed by atoms with E-state index >= 15 is 0 Å². The average molecular weight is 251 g/mol. The summed E-state index contributed by atoms with van der Waals surface area (Å²) in [5, 5.41) is 8.99. The summed E-state index contributed by atoms with van der Waals surface area (Å²) in [5.41, 5.74) is 1.14. The van der Waals surface area contributed by atoms with Gasteiger partial charge in [-0.25, -0.2) is 0 Å². The number of methoxy groups -OCH3 is 1. The predicted octanol–water partition coefficient (Wildman–Crippen LogP) is 2.24. The molecule has 2 unspecified atom stereocenters. The van der Waals surface area contributed by atoms with E-state index in [0.717, 1.165) is 17.9 Å².